The SMILES string of the molecule is O=C(Cl)NS(=O)(=O)c1ccc(F)cc1. The topological polar surface area (TPSA) is 63.2 Å². The molecule has 0 aliphatic heterocycles. The van der Waals surface area contributed by atoms with Gasteiger partial charge in [-0.3, -0.25) is 4.79 Å². The van der Waals surface area contributed by atoms with Crippen LogP contribution in [0.2, 0.25) is 0 Å². The molecule has 1 aromatic carbocycles. The van der Waals surface area contributed by atoms with Gasteiger partial charge in [0.25, 0.3) is 10.0 Å². The summed E-state index contributed by atoms with van der Waals surface area (Å²) in [5.41, 5.74) is 0. The van der Waals surface area contributed by atoms with Crippen molar-refractivity contribution in [1.82, 2.24) is 4.72 Å². The van der Waals surface area contributed by atoms with Crippen LogP contribution < -0.4 is 4.72 Å². The molecule has 0 unspecified atom stereocenters. The van der Waals surface area contributed by atoms with E-state index in [-0.39, 0.29) is 4.90 Å². The molecule has 1 rings (SSSR count). The summed E-state index contributed by atoms with van der Waals surface area (Å²) in [7, 11) is -3.97. The number of carbonyl (C=O) groups is 1. The minimum atomic E-state index is -3.97. The smallest absolute Gasteiger partial charge is 0.255 e. The highest BCUT2D eigenvalue weighted by Crippen LogP contribution is 2.09. The van der Waals surface area contributed by atoms with Gasteiger partial charge in [-0.2, -0.15) is 0 Å². The number of benzene rings is 1. The van der Waals surface area contributed by atoms with Crippen LogP contribution in [0.1, 0.15) is 0 Å². The number of hydrogen-bond donors (Lipinski definition) is 1. The molecule has 0 saturated carbocycles. The molecule has 4 nitrogen and oxygen atoms in total. The first-order valence-electron chi connectivity index (χ1n) is 3.40. The van der Waals surface area contributed by atoms with E-state index in [1.807, 2.05) is 0 Å². The van der Waals surface area contributed by atoms with Gasteiger partial charge in [-0.1, -0.05) is 0 Å². The number of amides is 1. The van der Waals surface area contributed by atoms with Crippen LogP contribution in [0.4, 0.5) is 9.18 Å². The maximum Gasteiger partial charge on any atom is 0.327 e. The Morgan fingerprint density at radius 3 is 2.21 bits per heavy atom. The fraction of sp³-hybridized carbons (Fsp3) is 0. The normalized spacial score (nSPS) is 11.0. The van der Waals surface area contributed by atoms with Crippen LogP contribution in [0.3, 0.4) is 0 Å². The third kappa shape index (κ3) is 2.68. The Labute approximate surface area is 84.7 Å². The van der Waals surface area contributed by atoms with Crippen LogP contribution in [0.25, 0.3) is 0 Å². The first kappa shape index (κ1) is 10.9. The Hall–Kier alpha value is -1.14. The van der Waals surface area contributed by atoms with Gasteiger partial charge in [0.2, 0.25) is 0 Å². The molecule has 14 heavy (non-hydrogen) atoms. The number of carbonyl (C=O) groups excluding carboxylic acids is 1. The van der Waals surface area contributed by atoms with Crippen LogP contribution in [-0.4, -0.2) is 13.8 Å². The van der Waals surface area contributed by atoms with Crippen LogP contribution in [0, 0.1) is 5.82 Å². The minimum absolute atomic E-state index is 0.229. The molecule has 0 aliphatic rings. The Kier molecular flexibility index (Phi) is 3.07. The van der Waals surface area contributed by atoms with E-state index in [4.69, 9.17) is 11.6 Å². The Morgan fingerprint density at radius 2 is 1.79 bits per heavy atom. The zero-order chi connectivity index (χ0) is 10.8. The van der Waals surface area contributed by atoms with Crippen LogP contribution >= 0.6 is 11.6 Å². The first-order valence-corrected chi connectivity index (χ1v) is 5.26. The molecule has 0 atom stereocenters. The zero-order valence-corrected chi connectivity index (χ0v) is 8.27. The van der Waals surface area contributed by atoms with Gasteiger partial charge in [0, 0.05) is 0 Å². The van der Waals surface area contributed by atoms with Gasteiger partial charge < -0.3 is 0 Å². The average Bonchev–Trinajstić information content (AvgIpc) is 2.02. The van der Waals surface area contributed by atoms with Crippen molar-refractivity contribution in [2.75, 3.05) is 0 Å². The number of hydrogen-bond acceptors (Lipinski definition) is 3. The van der Waals surface area contributed by atoms with E-state index >= 15 is 0 Å². The molecular weight excluding hydrogens is 233 g/mol. The van der Waals surface area contributed by atoms with Gasteiger partial charge >= 0.3 is 5.37 Å². The quantitative estimate of drug-likeness (QED) is 0.626. The molecule has 0 aromatic heterocycles. The average molecular weight is 238 g/mol. The van der Waals surface area contributed by atoms with Crippen LogP contribution in [-0.2, 0) is 10.0 Å². The van der Waals surface area contributed by atoms with E-state index in [0.29, 0.717) is 0 Å². The molecule has 0 heterocycles. The second-order valence-corrected chi connectivity index (χ2v) is 4.36. The fourth-order valence-corrected chi connectivity index (χ4v) is 1.91. The standard InChI is InChI=1S/C7H5ClFNO3S/c8-7(11)10-14(12,13)6-3-1-5(9)2-4-6/h1-4H,(H,10,11). The predicted octanol–water partition coefficient (Wildman–Crippen LogP) is 1.46. The zero-order valence-electron chi connectivity index (χ0n) is 6.70. The summed E-state index contributed by atoms with van der Waals surface area (Å²) in [6.07, 6.45) is 0. The molecule has 7 heteroatoms. The van der Waals surface area contributed by atoms with Crippen molar-refractivity contribution in [3.05, 3.63) is 30.1 Å². The highest BCUT2D eigenvalue weighted by atomic mass is 35.5. The monoisotopic (exact) mass is 237 g/mol. The van der Waals surface area contributed by atoms with E-state index < -0.39 is 21.2 Å². The maximum absolute atomic E-state index is 12.4. The van der Waals surface area contributed by atoms with Crippen molar-refractivity contribution < 1.29 is 17.6 Å². The second kappa shape index (κ2) is 3.93. The molecule has 0 radical (unpaired) electrons. The van der Waals surface area contributed by atoms with Crippen molar-refractivity contribution in [3.63, 3.8) is 0 Å². The van der Waals surface area contributed by atoms with E-state index in [1.54, 1.807) is 0 Å². The fourth-order valence-electron chi connectivity index (χ4n) is 0.778. The highest BCUT2D eigenvalue weighted by molar-refractivity contribution is 7.90. The summed E-state index contributed by atoms with van der Waals surface area (Å²) < 4.78 is 36.4. The molecule has 1 N–H and O–H groups in total. The number of sulfonamides is 1. The Balaban J connectivity index is 3.05. The van der Waals surface area contributed by atoms with Gasteiger partial charge in [0.05, 0.1) is 4.90 Å². The van der Waals surface area contributed by atoms with Crippen molar-refractivity contribution in [1.29, 1.82) is 0 Å². The van der Waals surface area contributed by atoms with Gasteiger partial charge in [0.1, 0.15) is 5.82 Å². The largest absolute Gasteiger partial charge is 0.327 e. The third-order valence-corrected chi connectivity index (χ3v) is 2.89. The second-order valence-electron chi connectivity index (χ2n) is 2.33. The minimum Gasteiger partial charge on any atom is -0.255 e. The predicted molar refractivity (Wildman–Crippen MR) is 48.0 cm³/mol. The van der Waals surface area contributed by atoms with Crippen molar-refractivity contribution >= 4 is 27.0 Å². The molecule has 0 bridgehead atoms. The lowest BCUT2D eigenvalue weighted by Crippen LogP contribution is -2.25. The third-order valence-electron chi connectivity index (χ3n) is 1.34. The molecule has 1 aromatic rings. The van der Waals surface area contributed by atoms with Crippen molar-refractivity contribution in [2.24, 2.45) is 0 Å². The lowest BCUT2D eigenvalue weighted by atomic mass is 10.4. The summed E-state index contributed by atoms with van der Waals surface area (Å²) in [5, 5.41) is -1.21. The van der Waals surface area contributed by atoms with E-state index in [9.17, 15) is 17.6 Å². The molecule has 0 saturated heterocycles. The van der Waals surface area contributed by atoms with Gasteiger partial charge in [0.15, 0.2) is 0 Å². The summed E-state index contributed by atoms with van der Waals surface area (Å²) in [6, 6.07) is 3.98. The molecular formula is C7H5ClFNO3S. The summed E-state index contributed by atoms with van der Waals surface area (Å²) in [4.78, 5) is 10.1. The maximum atomic E-state index is 12.4. The molecule has 76 valence electrons. The Bertz CT molecular complexity index is 443. The lowest BCUT2D eigenvalue weighted by Gasteiger charge is -2.02. The lowest BCUT2D eigenvalue weighted by molar-refractivity contribution is 0.264. The van der Waals surface area contributed by atoms with Crippen molar-refractivity contribution in [2.45, 2.75) is 4.90 Å². The molecule has 0 aliphatic carbocycles. The van der Waals surface area contributed by atoms with E-state index in [1.165, 1.54) is 4.72 Å². The van der Waals surface area contributed by atoms with Crippen molar-refractivity contribution in [3.8, 4) is 0 Å². The number of halogens is 2. The van der Waals surface area contributed by atoms with E-state index in [0.717, 1.165) is 24.3 Å². The number of nitrogens with one attached hydrogen (secondary N) is 1. The summed E-state index contributed by atoms with van der Waals surface area (Å²) >= 11 is 4.84. The van der Waals surface area contributed by atoms with Crippen LogP contribution in [0.15, 0.2) is 29.2 Å². The highest BCUT2D eigenvalue weighted by Gasteiger charge is 2.15. The van der Waals surface area contributed by atoms with E-state index in [2.05, 4.69) is 0 Å². The Morgan fingerprint density at radius 1 is 1.29 bits per heavy atom. The molecule has 0 spiro atoms. The van der Waals surface area contributed by atoms with Crippen LogP contribution in [0.5, 0.6) is 0 Å². The molecule has 1 amide bonds. The molecule has 0 fully saturated rings. The van der Waals surface area contributed by atoms with Gasteiger partial charge in [-0.25, -0.2) is 17.5 Å². The van der Waals surface area contributed by atoms with Gasteiger partial charge in [-0.05, 0) is 35.9 Å². The summed E-state index contributed by atoms with van der Waals surface area (Å²) in [5.74, 6) is -0.568. The number of rotatable bonds is 2. The van der Waals surface area contributed by atoms with Gasteiger partial charge in [-0.15, -0.1) is 0 Å². The first-order chi connectivity index (χ1) is 6.42. The summed E-state index contributed by atoms with van der Waals surface area (Å²) in [6.45, 7) is 0.